The maximum atomic E-state index is 12.5. The van der Waals surface area contributed by atoms with Gasteiger partial charge < -0.3 is 25.7 Å². The van der Waals surface area contributed by atoms with Gasteiger partial charge in [0.05, 0.1) is 18.8 Å². The Kier molecular flexibility index (Phi) is 36.6. The zero-order chi connectivity index (χ0) is 35.3. The first kappa shape index (κ1) is 47.0. The zero-order valence-electron chi connectivity index (χ0n) is 32.0. The number of aliphatic hydroxyl groups is 4. The van der Waals surface area contributed by atoms with E-state index in [2.05, 4.69) is 19.2 Å². The summed E-state index contributed by atoms with van der Waals surface area (Å²) in [6.45, 7) is 4.02. The third-order valence-electron chi connectivity index (χ3n) is 9.98. The minimum atomic E-state index is -1.30. The van der Waals surface area contributed by atoms with Crippen molar-refractivity contribution in [3.63, 3.8) is 0 Å². The molecule has 6 nitrogen and oxygen atoms in total. The fourth-order valence-corrected chi connectivity index (χ4v) is 6.58. The van der Waals surface area contributed by atoms with E-state index in [-0.39, 0.29) is 6.42 Å². The highest BCUT2D eigenvalue weighted by Gasteiger charge is 2.28. The summed E-state index contributed by atoms with van der Waals surface area (Å²) in [5, 5.41) is 43.4. The number of aliphatic hydroxyl groups excluding tert-OH is 4. The van der Waals surface area contributed by atoms with Crippen LogP contribution in [0.5, 0.6) is 0 Å². The quantitative estimate of drug-likeness (QED) is 0.0329. The number of hydrogen-bond donors (Lipinski definition) is 5. The molecule has 0 aliphatic carbocycles. The van der Waals surface area contributed by atoms with Crippen LogP contribution >= 0.6 is 0 Å². The van der Waals surface area contributed by atoms with E-state index in [0.717, 1.165) is 32.1 Å². The van der Waals surface area contributed by atoms with Gasteiger partial charge in [0.15, 0.2) is 0 Å². The smallest absolute Gasteiger partial charge is 0.249 e. The standard InChI is InChI=1S/C42H83NO5/c1-3-5-7-9-11-13-15-17-18-19-20-21-22-23-24-26-28-30-32-34-36-40(46)42(48)43-38(37-44)41(47)39(45)35-33-31-29-27-25-16-14-12-10-8-6-4-2/h31,33,38-41,44-47H,3-30,32,34-37H2,1-2H3,(H,43,48)/t38-,39+,40+,41-/m0/s1. The highest BCUT2D eigenvalue weighted by molar-refractivity contribution is 5.80. The molecule has 48 heavy (non-hydrogen) atoms. The topological polar surface area (TPSA) is 110 Å². The summed E-state index contributed by atoms with van der Waals surface area (Å²) in [7, 11) is 0. The summed E-state index contributed by atoms with van der Waals surface area (Å²) < 4.78 is 0. The molecule has 0 rings (SSSR count). The van der Waals surface area contributed by atoms with E-state index in [9.17, 15) is 25.2 Å². The van der Waals surface area contributed by atoms with E-state index in [1.54, 1.807) is 0 Å². The fourth-order valence-electron chi connectivity index (χ4n) is 6.58. The molecule has 6 heteroatoms. The highest BCUT2D eigenvalue weighted by atomic mass is 16.3. The lowest BCUT2D eigenvalue weighted by Crippen LogP contribution is -2.52. The Balaban J connectivity index is 3.73. The lowest BCUT2D eigenvalue weighted by molar-refractivity contribution is -0.132. The Bertz CT molecular complexity index is 687. The summed E-state index contributed by atoms with van der Waals surface area (Å²) in [4.78, 5) is 12.5. The van der Waals surface area contributed by atoms with Crippen molar-refractivity contribution in [2.45, 2.75) is 244 Å². The Labute approximate surface area is 298 Å². The number of amides is 1. The summed E-state index contributed by atoms with van der Waals surface area (Å²) >= 11 is 0. The van der Waals surface area contributed by atoms with Crippen LogP contribution in [0.3, 0.4) is 0 Å². The average molecular weight is 682 g/mol. The molecule has 0 aliphatic heterocycles. The highest BCUT2D eigenvalue weighted by Crippen LogP contribution is 2.16. The molecule has 0 aliphatic rings. The van der Waals surface area contributed by atoms with Crippen LogP contribution in [0.1, 0.15) is 219 Å². The van der Waals surface area contributed by atoms with Crippen molar-refractivity contribution in [3.8, 4) is 0 Å². The summed E-state index contributed by atoms with van der Waals surface area (Å²) in [6, 6.07) is -1.01. The molecule has 4 atom stereocenters. The zero-order valence-corrected chi connectivity index (χ0v) is 32.0. The van der Waals surface area contributed by atoms with Gasteiger partial charge in [-0.3, -0.25) is 4.79 Å². The fraction of sp³-hybridized carbons (Fsp3) is 0.929. The van der Waals surface area contributed by atoms with Gasteiger partial charge in [-0.05, 0) is 25.7 Å². The molecule has 1 amide bonds. The molecule has 5 N–H and O–H groups in total. The number of carbonyl (C=O) groups excluding carboxylic acids is 1. The van der Waals surface area contributed by atoms with E-state index in [0.29, 0.717) is 6.42 Å². The van der Waals surface area contributed by atoms with Crippen LogP contribution in [0.4, 0.5) is 0 Å². The third-order valence-corrected chi connectivity index (χ3v) is 9.98. The van der Waals surface area contributed by atoms with Gasteiger partial charge in [0.1, 0.15) is 12.2 Å². The van der Waals surface area contributed by atoms with E-state index in [1.807, 2.05) is 12.2 Å². The molecule has 0 bridgehead atoms. The van der Waals surface area contributed by atoms with Gasteiger partial charge in [-0.15, -0.1) is 0 Å². The molecule has 0 fully saturated rings. The Morgan fingerprint density at radius 3 is 1.25 bits per heavy atom. The van der Waals surface area contributed by atoms with Gasteiger partial charge in [0.25, 0.3) is 0 Å². The number of allylic oxidation sites excluding steroid dienone is 1. The summed E-state index contributed by atoms with van der Waals surface area (Å²) in [5.41, 5.74) is 0. The van der Waals surface area contributed by atoms with Crippen LogP contribution in [0, 0.1) is 0 Å². The van der Waals surface area contributed by atoms with E-state index in [1.165, 1.54) is 161 Å². The van der Waals surface area contributed by atoms with Crippen molar-refractivity contribution in [1.82, 2.24) is 5.32 Å². The second kappa shape index (κ2) is 37.3. The molecule has 0 aromatic carbocycles. The van der Waals surface area contributed by atoms with Crippen LogP contribution in [-0.4, -0.2) is 57.3 Å². The number of nitrogens with one attached hydrogen (secondary N) is 1. The van der Waals surface area contributed by atoms with Crippen LogP contribution < -0.4 is 5.32 Å². The van der Waals surface area contributed by atoms with E-state index >= 15 is 0 Å². The minimum absolute atomic E-state index is 0.257. The molecule has 0 saturated carbocycles. The number of carbonyl (C=O) groups is 1. The molecule has 286 valence electrons. The SMILES string of the molecule is CCCCCCCCCCCC=CC[C@@H](O)[C@@H](O)[C@H](CO)NC(=O)[C@H](O)CCCCCCCCCCCCCCCCCCCCCC. The lowest BCUT2D eigenvalue weighted by atomic mass is 10.0. The second-order valence-electron chi connectivity index (χ2n) is 14.7. The van der Waals surface area contributed by atoms with Crippen LogP contribution in [-0.2, 0) is 4.79 Å². The third kappa shape index (κ3) is 31.1. The Morgan fingerprint density at radius 1 is 0.521 bits per heavy atom. The Hall–Kier alpha value is -0.950. The largest absolute Gasteiger partial charge is 0.394 e. The normalized spacial score (nSPS) is 14.4. The summed E-state index contributed by atoms with van der Waals surface area (Å²) in [6.07, 6.45) is 39.7. The van der Waals surface area contributed by atoms with Gasteiger partial charge in [0, 0.05) is 0 Å². The molecule has 0 spiro atoms. The van der Waals surface area contributed by atoms with Gasteiger partial charge in [-0.25, -0.2) is 0 Å². The predicted molar refractivity (Wildman–Crippen MR) is 205 cm³/mol. The number of unbranched alkanes of at least 4 members (excludes halogenated alkanes) is 28. The molecule has 0 radical (unpaired) electrons. The molecule has 0 heterocycles. The van der Waals surface area contributed by atoms with Crippen molar-refractivity contribution >= 4 is 5.91 Å². The van der Waals surface area contributed by atoms with Crippen molar-refractivity contribution < 1.29 is 25.2 Å². The maximum absolute atomic E-state index is 12.5. The first-order chi connectivity index (χ1) is 23.5. The molecule has 0 unspecified atom stereocenters. The van der Waals surface area contributed by atoms with E-state index < -0.39 is 36.9 Å². The summed E-state index contributed by atoms with van der Waals surface area (Å²) in [5.74, 6) is -0.598. The molecule has 0 aromatic heterocycles. The number of hydrogen-bond acceptors (Lipinski definition) is 5. The van der Waals surface area contributed by atoms with Crippen LogP contribution in [0.15, 0.2) is 12.2 Å². The second-order valence-corrected chi connectivity index (χ2v) is 14.7. The van der Waals surface area contributed by atoms with Crippen molar-refractivity contribution in [3.05, 3.63) is 12.2 Å². The first-order valence-corrected chi connectivity index (χ1v) is 21.1. The minimum Gasteiger partial charge on any atom is -0.394 e. The van der Waals surface area contributed by atoms with E-state index in [4.69, 9.17) is 0 Å². The maximum Gasteiger partial charge on any atom is 0.249 e. The lowest BCUT2D eigenvalue weighted by Gasteiger charge is -2.26. The monoisotopic (exact) mass is 682 g/mol. The predicted octanol–water partition coefficient (Wildman–Crippen LogP) is 10.6. The van der Waals surface area contributed by atoms with Gasteiger partial charge in [-0.2, -0.15) is 0 Å². The molecule has 0 saturated heterocycles. The number of rotatable bonds is 38. The van der Waals surface area contributed by atoms with Crippen molar-refractivity contribution in [2.75, 3.05) is 6.61 Å². The average Bonchev–Trinajstić information content (AvgIpc) is 3.09. The molecular formula is C42H83NO5. The van der Waals surface area contributed by atoms with Gasteiger partial charge in [-0.1, -0.05) is 206 Å². The van der Waals surface area contributed by atoms with Crippen LogP contribution in [0.25, 0.3) is 0 Å². The molecular weight excluding hydrogens is 598 g/mol. The van der Waals surface area contributed by atoms with Gasteiger partial charge in [0.2, 0.25) is 5.91 Å². The Morgan fingerprint density at radius 2 is 0.875 bits per heavy atom. The van der Waals surface area contributed by atoms with Gasteiger partial charge >= 0.3 is 0 Å². The van der Waals surface area contributed by atoms with Crippen LogP contribution in [0.2, 0.25) is 0 Å². The van der Waals surface area contributed by atoms with Crippen molar-refractivity contribution in [1.29, 1.82) is 0 Å². The molecule has 0 aromatic rings. The van der Waals surface area contributed by atoms with Crippen molar-refractivity contribution in [2.24, 2.45) is 0 Å². The first-order valence-electron chi connectivity index (χ1n) is 21.1.